The maximum atomic E-state index is 14.3. The number of fused-ring (bicyclic) bond motifs is 1. The van der Waals surface area contributed by atoms with E-state index in [0.29, 0.717) is 28.8 Å². The van der Waals surface area contributed by atoms with Crippen LogP contribution in [0.2, 0.25) is 0 Å². The monoisotopic (exact) mass is 313 g/mol. The summed E-state index contributed by atoms with van der Waals surface area (Å²) in [5.74, 6) is -0.958. The summed E-state index contributed by atoms with van der Waals surface area (Å²) in [6.07, 6.45) is 1.61. The highest BCUT2D eigenvalue weighted by Gasteiger charge is 2.15. The van der Waals surface area contributed by atoms with E-state index in [1.165, 1.54) is 13.2 Å². The minimum Gasteiger partial charge on any atom is -0.497 e. The molecule has 3 aromatic rings. The number of aryl methyl sites for hydroxylation is 1. The highest BCUT2D eigenvalue weighted by atomic mass is 19.1. The average Bonchev–Trinajstić information content (AvgIpc) is 2.92. The van der Waals surface area contributed by atoms with Crippen LogP contribution in [0.15, 0.2) is 42.6 Å². The van der Waals surface area contributed by atoms with Crippen LogP contribution in [0.5, 0.6) is 5.75 Å². The number of rotatable bonds is 4. The number of hydrogen-bond donors (Lipinski definition) is 1. The fourth-order valence-corrected chi connectivity index (χ4v) is 2.75. The van der Waals surface area contributed by atoms with E-state index < -0.39 is 11.8 Å². The lowest BCUT2D eigenvalue weighted by Crippen LogP contribution is -1.94. The Hall–Kier alpha value is -2.82. The van der Waals surface area contributed by atoms with Crippen LogP contribution in [-0.2, 0) is 6.54 Å². The van der Waals surface area contributed by atoms with Crippen LogP contribution in [0.4, 0.5) is 4.39 Å². The smallest absolute Gasteiger partial charge is 0.337 e. The van der Waals surface area contributed by atoms with Crippen molar-refractivity contribution in [3.8, 4) is 16.9 Å². The predicted molar refractivity (Wildman–Crippen MR) is 86.5 cm³/mol. The molecular weight excluding hydrogens is 297 g/mol. The molecule has 1 heterocycles. The van der Waals surface area contributed by atoms with Gasteiger partial charge in [0, 0.05) is 35.3 Å². The van der Waals surface area contributed by atoms with Crippen molar-refractivity contribution in [2.24, 2.45) is 0 Å². The molecule has 0 radical (unpaired) electrons. The molecule has 0 bridgehead atoms. The molecule has 0 unspecified atom stereocenters. The molecule has 1 aromatic heterocycles. The third kappa shape index (κ3) is 2.54. The standard InChI is InChI=1S/C18H16FNO3/c1-3-20-10-15(18(21)22)14-8-11(4-7-17(14)20)13-6-5-12(23-2)9-16(13)19/h4-10H,3H2,1-2H3,(H,21,22). The quantitative estimate of drug-likeness (QED) is 0.786. The van der Waals surface area contributed by atoms with Gasteiger partial charge >= 0.3 is 5.97 Å². The van der Waals surface area contributed by atoms with Gasteiger partial charge in [-0.05, 0) is 36.8 Å². The Balaban J connectivity index is 2.20. The van der Waals surface area contributed by atoms with Crippen LogP contribution in [-0.4, -0.2) is 22.8 Å². The summed E-state index contributed by atoms with van der Waals surface area (Å²) in [7, 11) is 1.48. The Morgan fingerprint density at radius 1 is 1.26 bits per heavy atom. The lowest BCUT2D eigenvalue weighted by molar-refractivity contribution is 0.0699. The Morgan fingerprint density at radius 3 is 2.65 bits per heavy atom. The first-order chi connectivity index (χ1) is 11.0. The highest BCUT2D eigenvalue weighted by molar-refractivity contribution is 6.04. The van der Waals surface area contributed by atoms with E-state index in [1.54, 1.807) is 30.5 Å². The topological polar surface area (TPSA) is 51.5 Å². The minimum absolute atomic E-state index is 0.220. The summed E-state index contributed by atoms with van der Waals surface area (Å²) >= 11 is 0. The van der Waals surface area contributed by atoms with Crippen molar-refractivity contribution in [3.05, 3.63) is 54.0 Å². The molecule has 23 heavy (non-hydrogen) atoms. The minimum atomic E-state index is -0.991. The van der Waals surface area contributed by atoms with Crippen molar-refractivity contribution in [2.75, 3.05) is 7.11 Å². The number of benzene rings is 2. The largest absolute Gasteiger partial charge is 0.497 e. The van der Waals surface area contributed by atoms with Crippen LogP contribution in [0.3, 0.4) is 0 Å². The number of aromatic carboxylic acids is 1. The first kappa shape index (κ1) is 15.1. The molecule has 0 aliphatic heterocycles. The summed E-state index contributed by atoms with van der Waals surface area (Å²) in [6.45, 7) is 2.61. The number of ether oxygens (including phenoxy) is 1. The molecule has 0 saturated heterocycles. The van der Waals surface area contributed by atoms with E-state index in [9.17, 15) is 14.3 Å². The number of carbonyl (C=O) groups is 1. The summed E-state index contributed by atoms with van der Waals surface area (Å²) in [5, 5.41) is 9.98. The van der Waals surface area contributed by atoms with Gasteiger partial charge in [0.1, 0.15) is 11.6 Å². The molecule has 0 spiro atoms. The Kier molecular flexibility index (Phi) is 3.78. The van der Waals surface area contributed by atoms with Crippen LogP contribution in [0.1, 0.15) is 17.3 Å². The van der Waals surface area contributed by atoms with Crippen LogP contribution < -0.4 is 4.74 Å². The fourth-order valence-electron chi connectivity index (χ4n) is 2.75. The predicted octanol–water partition coefficient (Wildman–Crippen LogP) is 4.17. The summed E-state index contributed by atoms with van der Waals surface area (Å²) in [6, 6.07) is 9.96. The molecular formula is C18H16FNO3. The molecule has 0 saturated carbocycles. The van der Waals surface area contributed by atoms with Gasteiger partial charge in [0.15, 0.2) is 0 Å². The van der Waals surface area contributed by atoms with Crippen LogP contribution >= 0.6 is 0 Å². The number of halogens is 1. The molecule has 0 aliphatic carbocycles. The Bertz CT molecular complexity index is 899. The zero-order chi connectivity index (χ0) is 16.6. The number of nitrogens with zero attached hydrogens (tertiary/aromatic N) is 1. The van der Waals surface area contributed by atoms with Gasteiger partial charge in [-0.25, -0.2) is 9.18 Å². The second kappa shape index (κ2) is 5.76. The van der Waals surface area contributed by atoms with Crippen molar-refractivity contribution in [1.82, 2.24) is 4.57 Å². The summed E-state index contributed by atoms with van der Waals surface area (Å²) in [4.78, 5) is 11.4. The molecule has 0 fully saturated rings. The van der Waals surface area contributed by atoms with Gasteiger partial charge in [0.2, 0.25) is 0 Å². The van der Waals surface area contributed by atoms with Crippen molar-refractivity contribution in [3.63, 3.8) is 0 Å². The first-order valence-electron chi connectivity index (χ1n) is 7.25. The number of aromatic nitrogens is 1. The molecule has 118 valence electrons. The normalized spacial score (nSPS) is 10.9. The van der Waals surface area contributed by atoms with Gasteiger partial charge in [0.25, 0.3) is 0 Å². The lowest BCUT2D eigenvalue weighted by Gasteiger charge is -2.07. The van der Waals surface area contributed by atoms with Crippen LogP contribution in [0.25, 0.3) is 22.0 Å². The average molecular weight is 313 g/mol. The third-order valence-electron chi connectivity index (χ3n) is 3.94. The molecule has 4 nitrogen and oxygen atoms in total. The molecule has 0 amide bonds. The van der Waals surface area contributed by atoms with Crippen molar-refractivity contribution in [1.29, 1.82) is 0 Å². The van der Waals surface area contributed by atoms with E-state index >= 15 is 0 Å². The molecule has 0 atom stereocenters. The number of carboxylic acids is 1. The molecule has 0 aliphatic rings. The fraction of sp³-hybridized carbons (Fsp3) is 0.167. The Morgan fingerprint density at radius 2 is 2.04 bits per heavy atom. The summed E-state index contributed by atoms with van der Waals surface area (Å²) < 4.78 is 21.1. The number of carboxylic acid groups (broad SMARTS) is 1. The van der Waals surface area contributed by atoms with E-state index in [-0.39, 0.29) is 5.56 Å². The zero-order valence-electron chi connectivity index (χ0n) is 12.8. The number of methoxy groups -OCH3 is 1. The van der Waals surface area contributed by atoms with Gasteiger partial charge in [-0.3, -0.25) is 0 Å². The van der Waals surface area contributed by atoms with Gasteiger partial charge in [-0.15, -0.1) is 0 Å². The Labute approximate surface area is 132 Å². The van der Waals surface area contributed by atoms with Gasteiger partial charge in [-0.1, -0.05) is 6.07 Å². The molecule has 5 heteroatoms. The van der Waals surface area contributed by atoms with Crippen molar-refractivity contribution >= 4 is 16.9 Å². The summed E-state index contributed by atoms with van der Waals surface area (Å²) in [5.41, 5.74) is 2.09. The van der Waals surface area contributed by atoms with Crippen LogP contribution in [0, 0.1) is 5.82 Å². The lowest BCUT2D eigenvalue weighted by atomic mass is 10.0. The maximum absolute atomic E-state index is 14.3. The molecule has 2 aromatic carbocycles. The molecule has 3 rings (SSSR count). The third-order valence-corrected chi connectivity index (χ3v) is 3.94. The van der Waals surface area contributed by atoms with Gasteiger partial charge in [0.05, 0.1) is 12.7 Å². The van der Waals surface area contributed by atoms with E-state index in [0.717, 1.165) is 5.52 Å². The van der Waals surface area contributed by atoms with Crippen molar-refractivity contribution < 1.29 is 19.0 Å². The van der Waals surface area contributed by atoms with Crippen molar-refractivity contribution in [2.45, 2.75) is 13.5 Å². The first-order valence-corrected chi connectivity index (χ1v) is 7.25. The maximum Gasteiger partial charge on any atom is 0.337 e. The van der Waals surface area contributed by atoms with Gasteiger partial charge in [-0.2, -0.15) is 0 Å². The number of hydrogen-bond acceptors (Lipinski definition) is 2. The van der Waals surface area contributed by atoms with E-state index in [4.69, 9.17) is 4.74 Å². The second-order valence-electron chi connectivity index (χ2n) is 5.21. The molecule has 1 N–H and O–H groups in total. The second-order valence-corrected chi connectivity index (χ2v) is 5.21. The van der Waals surface area contributed by atoms with E-state index in [1.807, 2.05) is 17.6 Å². The van der Waals surface area contributed by atoms with Gasteiger partial charge < -0.3 is 14.4 Å². The highest BCUT2D eigenvalue weighted by Crippen LogP contribution is 2.31. The van der Waals surface area contributed by atoms with E-state index in [2.05, 4.69) is 0 Å². The SMILES string of the molecule is CCn1cc(C(=O)O)c2cc(-c3ccc(OC)cc3F)ccc21. The zero-order valence-corrected chi connectivity index (χ0v) is 12.8.